The minimum Gasteiger partial charge on any atom is -0.328 e. The monoisotopic (exact) mass is 332 g/mol. The van der Waals surface area contributed by atoms with Crippen LogP contribution in [0, 0.1) is 6.92 Å². The molecule has 114 valence electrons. The molecule has 2 aromatic heterocycles. The van der Waals surface area contributed by atoms with E-state index in [1.165, 1.54) is 22.2 Å². The van der Waals surface area contributed by atoms with Crippen molar-refractivity contribution in [2.45, 2.75) is 37.4 Å². The molecule has 0 aromatic carbocycles. The topological polar surface area (TPSA) is 59.8 Å². The summed E-state index contributed by atoms with van der Waals surface area (Å²) >= 11 is 3.20. The summed E-state index contributed by atoms with van der Waals surface area (Å²) in [6.07, 6.45) is 4.40. The maximum absolute atomic E-state index is 12.6. The lowest BCUT2D eigenvalue weighted by Gasteiger charge is -2.31. The molecule has 1 N–H and O–H groups in total. The number of nitrogens with one attached hydrogen (secondary N) is 1. The zero-order chi connectivity index (χ0) is 15.3. The molecule has 0 saturated carbocycles. The van der Waals surface area contributed by atoms with Crippen LogP contribution in [0.4, 0.5) is 5.95 Å². The van der Waals surface area contributed by atoms with Gasteiger partial charge in [0.2, 0.25) is 11.1 Å². The van der Waals surface area contributed by atoms with Gasteiger partial charge in [-0.25, -0.2) is 4.68 Å². The molecule has 7 heteroatoms. The van der Waals surface area contributed by atoms with Gasteiger partial charge >= 0.3 is 0 Å². The van der Waals surface area contributed by atoms with Crippen molar-refractivity contribution in [1.82, 2.24) is 14.8 Å². The van der Waals surface area contributed by atoms with Crippen LogP contribution in [0.25, 0.3) is 0 Å². The number of carbonyl (C=O) groups excluding carboxylic acids is 1. The quantitative estimate of drug-likeness (QED) is 0.854. The number of carbonyl (C=O) groups is 1. The number of thiophene rings is 1. The van der Waals surface area contributed by atoms with Gasteiger partial charge in [-0.05, 0) is 43.0 Å². The summed E-state index contributed by atoms with van der Waals surface area (Å²) in [5.41, 5.74) is 3.11. The second kappa shape index (κ2) is 5.24. The molecule has 0 radical (unpaired) electrons. The number of rotatable bonds is 2. The van der Waals surface area contributed by atoms with Crippen LogP contribution in [0.2, 0.25) is 0 Å². The fourth-order valence-corrected chi connectivity index (χ4v) is 4.50. The third kappa shape index (κ3) is 2.03. The van der Waals surface area contributed by atoms with E-state index in [0.717, 1.165) is 35.2 Å². The summed E-state index contributed by atoms with van der Waals surface area (Å²) in [4.78, 5) is 18.3. The second-order valence-corrected chi connectivity index (χ2v) is 7.25. The van der Waals surface area contributed by atoms with E-state index < -0.39 is 0 Å². The van der Waals surface area contributed by atoms with Gasteiger partial charge in [-0.2, -0.15) is 4.98 Å². The van der Waals surface area contributed by atoms with E-state index in [0.29, 0.717) is 6.42 Å². The predicted molar refractivity (Wildman–Crippen MR) is 88.5 cm³/mol. The van der Waals surface area contributed by atoms with E-state index in [-0.39, 0.29) is 11.8 Å². The first-order chi connectivity index (χ1) is 10.7. The Hall–Kier alpha value is -1.60. The molecule has 5 nitrogen and oxygen atoms in total. The average molecular weight is 332 g/mol. The van der Waals surface area contributed by atoms with Crippen LogP contribution in [-0.2, 0) is 4.79 Å². The highest BCUT2D eigenvalue weighted by Crippen LogP contribution is 2.42. The Morgan fingerprint density at radius 2 is 2.32 bits per heavy atom. The molecule has 22 heavy (non-hydrogen) atoms. The van der Waals surface area contributed by atoms with Crippen LogP contribution >= 0.6 is 23.1 Å². The van der Waals surface area contributed by atoms with Gasteiger partial charge in [0.25, 0.3) is 0 Å². The van der Waals surface area contributed by atoms with Gasteiger partial charge in [-0.3, -0.25) is 4.79 Å². The van der Waals surface area contributed by atoms with E-state index in [1.54, 1.807) is 11.3 Å². The van der Waals surface area contributed by atoms with Crippen LogP contribution in [0.3, 0.4) is 0 Å². The summed E-state index contributed by atoms with van der Waals surface area (Å²) in [7, 11) is 0. The number of ketones is 1. The maximum Gasteiger partial charge on any atom is 0.227 e. The van der Waals surface area contributed by atoms with Crippen molar-refractivity contribution in [2.75, 3.05) is 11.6 Å². The Morgan fingerprint density at radius 3 is 3.05 bits per heavy atom. The molecular weight excluding hydrogens is 316 g/mol. The molecule has 0 unspecified atom stereocenters. The van der Waals surface area contributed by atoms with Crippen LogP contribution in [0.5, 0.6) is 0 Å². The number of anilines is 1. The van der Waals surface area contributed by atoms with Gasteiger partial charge in [0.15, 0.2) is 5.78 Å². The lowest BCUT2D eigenvalue weighted by atomic mass is 9.87. The standard InChI is InChI=1S/C15H16N4OS2/c1-8-6-7-22-13(8)12-11-9(4-3-5-10(11)20)16-14-17-15(21-2)18-19(12)14/h6-7,12H,3-5H2,1-2H3,(H,16,17,18)/t12-/m0/s1. The SMILES string of the molecule is CSc1nc2n(n1)[C@H](c1sccc1C)C1=C(CCCC1=O)N2. The molecule has 2 aliphatic rings. The lowest BCUT2D eigenvalue weighted by molar-refractivity contribution is -0.116. The lowest BCUT2D eigenvalue weighted by Crippen LogP contribution is -2.31. The molecule has 1 aliphatic heterocycles. The normalized spacial score (nSPS) is 20.6. The predicted octanol–water partition coefficient (Wildman–Crippen LogP) is 3.39. The van der Waals surface area contributed by atoms with Gasteiger partial charge in [0.1, 0.15) is 6.04 Å². The minimum atomic E-state index is -0.132. The molecule has 4 rings (SSSR count). The van der Waals surface area contributed by atoms with Crippen LogP contribution in [-0.4, -0.2) is 26.8 Å². The number of thioether (sulfide) groups is 1. The largest absolute Gasteiger partial charge is 0.328 e. The van der Waals surface area contributed by atoms with E-state index in [4.69, 9.17) is 0 Å². The highest BCUT2D eigenvalue weighted by Gasteiger charge is 2.37. The number of nitrogens with zero attached hydrogens (tertiary/aromatic N) is 3. The summed E-state index contributed by atoms with van der Waals surface area (Å²) in [6, 6.07) is 1.97. The zero-order valence-corrected chi connectivity index (χ0v) is 14.1. The minimum absolute atomic E-state index is 0.132. The first-order valence-electron chi connectivity index (χ1n) is 7.27. The molecule has 1 aliphatic carbocycles. The molecule has 0 bridgehead atoms. The summed E-state index contributed by atoms with van der Waals surface area (Å²) in [5.74, 6) is 0.981. The molecule has 0 amide bonds. The van der Waals surface area contributed by atoms with Gasteiger partial charge in [0.05, 0.1) is 0 Å². The number of hydrogen-bond donors (Lipinski definition) is 1. The second-order valence-electron chi connectivity index (χ2n) is 5.53. The molecule has 2 aromatic rings. The van der Waals surface area contributed by atoms with Crippen LogP contribution in [0.1, 0.15) is 35.7 Å². The van der Waals surface area contributed by atoms with Crippen molar-refractivity contribution < 1.29 is 4.79 Å². The van der Waals surface area contributed by atoms with E-state index in [9.17, 15) is 4.79 Å². The number of Topliss-reactive ketones (excluding diaryl/α,β-unsaturated/α-hetero) is 1. The maximum atomic E-state index is 12.6. The van der Waals surface area contributed by atoms with Crippen molar-refractivity contribution in [3.05, 3.63) is 33.2 Å². The first kappa shape index (κ1) is 14.0. The van der Waals surface area contributed by atoms with Gasteiger partial charge in [-0.1, -0.05) is 11.8 Å². The molecular formula is C15H16N4OS2. The van der Waals surface area contributed by atoms with Crippen molar-refractivity contribution in [3.63, 3.8) is 0 Å². The Kier molecular flexibility index (Phi) is 3.34. The van der Waals surface area contributed by atoms with Crippen LogP contribution < -0.4 is 5.32 Å². The van der Waals surface area contributed by atoms with Crippen LogP contribution in [0.15, 0.2) is 27.9 Å². The van der Waals surface area contributed by atoms with Crippen molar-refractivity contribution in [1.29, 1.82) is 0 Å². The summed E-state index contributed by atoms with van der Waals surface area (Å²) in [6.45, 7) is 2.09. The van der Waals surface area contributed by atoms with Gasteiger partial charge in [-0.15, -0.1) is 16.4 Å². The Labute approximate surface area is 136 Å². The van der Waals surface area contributed by atoms with Crippen molar-refractivity contribution in [2.24, 2.45) is 0 Å². The highest BCUT2D eigenvalue weighted by atomic mass is 32.2. The molecule has 3 heterocycles. The average Bonchev–Trinajstić information content (AvgIpc) is 3.11. The van der Waals surface area contributed by atoms with E-state index in [1.807, 2.05) is 10.9 Å². The summed E-state index contributed by atoms with van der Waals surface area (Å²) in [5, 5.41) is 10.7. The van der Waals surface area contributed by atoms with E-state index in [2.05, 4.69) is 33.8 Å². The van der Waals surface area contributed by atoms with Crippen molar-refractivity contribution in [3.8, 4) is 0 Å². The number of fused-ring (bicyclic) bond motifs is 1. The number of aromatic nitrogens is 3. The van der Waals surface area contributed by atoms with Gasteiger partial charge in [0, 0.05) is 22.6 Å². The third-order valence-corrected chi connectivity index (χ3v) is 5.79. The number of hydrogen-bond acceptors (Lipinski definition) is 6. The fourth-order valence-electron chi connectivity index (χ4n) is 3.13. The third-order valence-electron chi connectivity index (χ3n) is 4.18. The number of aryl methyl sites for hydroxylation is 1. The van der Waals surface area contributed by atoms with E-state index >= 15 is 0 Å². The molecule has 1 atom stereocenters. The zero-order valence-electron chi connectivity index (χ0n) is 12.4. The summed E-state index contributed by atoms with van der Waals surface area (Å²) < 4.78 is 1.88. The Bertz CT molecular complexity index is 789. The Morgan fingerprint density at radius 1 is 1.45 bits per heavy atom. The molecule has 0 saturated heterocycles. The first-order valence-corrected chi connectivity index (χ1v) is 9.37. The highest BCUT2D eigenvalue weighted by molar-refractivity contribution is 7.98. The van der Waals surface area contributed by atoms with Gasteiger partial charge < -0.3 is 5.32 Å². The van der Waals surface area contributed by atoms with Crippen molar-refractivity contribution >= 4 is 34.8 Å². The molecule has 0 fully saturated rings. The Balaban J connectivity index is 1.94. The fraction of sp³-hybridized carbons (Fsp3) is 0.400. The smallest absolute Gasteiger partial charge is 0.227 e. The number of allylic oxidation sites excluding steroid dienone is 2. The molecule has 0 spiro atoms.